The highest BCUT2D eigenvalue weighted by Gasteiger charge is 2.19. The number of hydrogen-bond acceptors (Lipinski definition) is 4. The Morgan fingerprint density at radius 3 is 2.69 bits per heavy atom. The van der Waals surface area contributed by atoms with Crippen LogP contribution in [0.1, 0.15) is 10.5 Å². The molecule has 0 unspecified atom stereocenters. The fourth-order valence-corrected chi connectivity index (χ4v) is 1.07. The largest absolute Gasteiger partial charge is 0.475 e. The van der Waals surface area contributed by atoms with E-state index in [0.717, 1.165) is 6.07 Å². The minimum Gasteiger partial charge on any atom is -0.475 e. The molecular weight excluding hydrogens is 244 g/mol. The second kappa shape index (κ2) is 3.48. The number of aromatic nitrogens is 1. The van der Waals surface area contributed by atoms with E-state index in [1.54, 1.807) is 0 Å². The summed E-state index contributed by atoms with van der Waals surface area (Å²) in [5.74, 6) is -1.80. The Bertz CT molecular complexity index is 379. The summed E-state index contributed by atoms with van der Waals surface area (Å²) in [6, 6.07) is 2.39. The number of rotatable bonds is 2. The van der Waals surface area contributed by atoms with Gasteiger partial charge in [0.2, 0.25) is 0 Å². The van der Waals surface area contributed by atoms with Crippen molar-refractivity contribution in [3.63, 3.8) is 0 Å². The van der Waals surface area contributed by atoms with Crippen molar-refractivity contribution in [1.82, 2.24) is 4.98 Å². The predicted octanol–water partition coefficient (Wildman–Crippen LogP) is 1.45. The van der Waals surface area contributed by atoms with Crippen LogP contribution in [-0.2, 0) is 0 Å². The molecule has 0 radical (unpaired) electrons. The number of aromatic carboxylic acids is 1. The number of nitrogens with zero attached hydrogens (tertiary/aromatic N) is 2. The maximum absolute atomic E-state index is 10.5. The zero-order valence-electron chi connectivity index (χ0n) is 6.10. The van der Waals surface area contributed by atoms with E-state index in [-0.39, 0.29) is 10.2 Å². The molecule has 68 valence electrons. The van der Waals surface area contributed by atoms with E-state index >= 15 is 0 Å². The summed E-state index contributed by atoms with van der Waals surface area (Å²) in [5, 5.41) is 18.8. The SMILES string of the molecule is O=C(O)c1nc([N+](=O)[O-])ccc1Br. The molecule has 0 aliphatic carbocycles. The lowest BCUT2D eigenvalue weighted by atomic mass is 10.3. The van der Waals surface area contributed by atoms with Crippen LogP contribution in [0.3, 0.4) is 0 Å². The van der Waals surface area contributed by atoms with Gasteiger partial charge in [0, 0.05) is 6.07 Å². The lowest BCUT2D eigenvalue weighted by Gasteiger charge is -1.94. The highest BCUT2D eigenvalue weighted by atomic mass is 79.9. The first-order valence-corrected chi connectivity index (χ1v) is 3.86. The molecule has 0 aromatic carbocycles. The first-order chi connectivity index (χ1) is 6.02. The average molecular weight is 247 g/mol. The Hall–Kier alpha value is -1.50. The molecule has 6 nitrogen and oxygen atoms in total. The van der Waals surface area contributed by atoms with E-state index in [4.69, 9.17) is 5.11 Å². The quantitative estimate of drug-likeness (QED) is 0.630. The van der Waals surface area contributed by atoms with Crippen molar-refractivity contribution in [2.45, 2.75) is 0 Å². The number of carboxylic acid groups (broad SMARTS) is 1. The zero-order chi connectivity index (χ0) is 10.0. The number of nitro groups is 1. The summed E-state index contributed by atoms with van der Waals surface area (Å²) in [7, 11) is 0. The fraction of sp³-hybridized carbons (Fsp3) is 0. The summed E-state index contributed by atoms with van der Waals surface area (Å²) in [5.41, 5.74) is -0.366. The van der Waals surface area contributed by atoms with Crippen LogP contribution in [0.25, 0.3) is 0 Å². The van der Waals surface area contributed by atoms with Gasteiger partial charge >= 0.3 is 11.8 Å². The van der Waals surface area contributed by atoms with Crippen molar-refractivity contribution in [1.29, 1.82) is 0 Å². The van der Waals surface area contributed by atoms with Crippen LogP contribution in [0, 0.1) is 10.1 Å². The van der Waals surface area contributed by atoms with Gasteiger partial charge in [0.1, 0.15) is 0 Å². The summed E-state index contributed by atoms with van der Waals surface area (Å²) in [6.07, 6.45) is 0. The van der Waals surface area contributed by atoms with E-state index in [2.05, 4.69) is 20.9 Å². The van der Waals surface area contributed by atoms with Gasteiger partial charge < -0.3 is 15.2 Å². The topological polar surface area (TPSA) is 93.3 Å². The maximum atomic E-state index is 10.5. The molecule has 0 saturated carbocycles. The molecular formula is C6H3BrN2O4. The molecule has 0 amide bonds. The minimum atomic E-state index is -1.31. The Labute approximate surface area is 80.5 Å². The summed E-state index contributed by atoms with van der Waals surface area (Å²) >= 11 is 2.91. The molecule has 0 spiro atoms. The highest BCUT2D eigenvalue weighted by molar-refractivity contribution is 9.10. The van der Waals surface area contributed by atoms with Crippen LogP contribution in [0.5, 0.6) is 0 Å². The first-order valence-electron chi connectivity index (χ1n) is 3.06. The standard InChI is InChI=1S/C6H3BrN2O4/c7-3-1-2-4(9(12)13)8-5(3)6(10)11/h1-2H,(H,10,11). The molecule has 1 heterocycles. The monoisotopic (exact) mass is 246 g/mol. The van der Waals surface area contributed by atoms with E-state index in [1.807, 2.05) is 0 Å². The van der Waals surface area contributed by atoms with Crippen molar-refractivity contribution >= 4 is 27.7 Å². The number of pyridine rings is 1. The lowest BCUT2D eigenvalue weighted by Crippen LogP contribution is -2.03. The van der Waals surface area contributed by atoms with Crippen LogP contribution < -0.4 is 0 Å². The molecule has 0 aliphatic rings. The predicted molar refractivity (Wildman–Crippen MR) is 45.6 cm³/mol. The third-order valence-corrected chi connectivity index (χ3v) is 1.86. The summed E-state index contributed by atoms with van der Waals surface area (Å²) in [6.45, 7) is 0. The molecule has 13 heavy (non-hydrogen) atoms. The van der Waals surface area contributed by atoms with E-state index in [1.165, 1.54) is 6.07 Å². The molecule has 0 bridgehead atoms. The van der Waals surface area contributed by atoms with Crippen molar-refractivity contribution < 1.29 is 14.8 Å². The number of carboxylic acids is 1. The van der Waals surface area contributed by atoms with Crippen LogP contribution >= 0.6 is 15.9 Å². The molecule has 0 aliphatic heterocycles. The fourth-order valence-electron chi connectivity index (χ4n) is 0.684. The van der Waals surface area contributed by atoms with Gasteiger partial charge in [-0.3, -0.25) is 0 Å². The normalized spacial score (nSPS) is 9.62. The van der Waals surface area contributed by atoms with Crippen molar-refractivity contribution in [2.75, 3.05) is 0 Å². The molecule has 0 fully saturated rings. The number of halogens is 1. The van der Waals surface area contributed by atoms with Crippen LogP contribution in [0.2, 0.25) is 0 Å². The lowest BCUT2D eigenvalue weighted by molar-refractivity contribution is -0.389. The van der Waals surface area contributed by atoms with Gasteiger partial charge in [-0.2, -0.15) is 0 Å². The van der Waals surface area contributed by atoms with Gasteiger partial charge in [0.15, 0.2) is 0 Å². The highest BCUT2D eigenvalue weighted by Crippen LogP contribution is 2.18. The summed E-state index contributed by atoms with van der Waals surface area (Å²) in [4.78, 5) is 23.3. The molecule has 1 aromatic rings. The Morgan fingerprint density at radius 2 is 2.23 bits per heavy atom. The molecule has 1 N–H and O–H groups in total. The first kappa shape index (κ1) is 9.59. The van der Waals surface area contributed by atoms with Gasteiger partial charge in [0.25, 0.3) is 5.69 Å². The van der Waals surface area contributed by atoms with Crippen molar-refractivity contribution in [2.24, 2.45) is 0 Å². The zero-order valence-corrected chi connectivity index (χ0v) is 7.69. The Balaban J connectivity index is 3.27. The smallest absolute Gasteiger partial charge is 0.381 e. The van der Waals surface area contributed by atoms with E-state index in [0.29, 0.717) is 0 Å². The van der Waals surface area contributed by atoms with Gasteiger partial charge in [-0.25, -0.2) is 4.79 Å². The van der Waals surface area contributed by atoms with E-state index < -0.39 is 16.7 Å². The number of carbonyl (C=O) groups is 1. The number of hydrogen-bond donors (Lipinski definition) is 1. The second-order valence-electron chi connectivity index (χ2n) is 2.06. The second-order valence-corrected chi connectivity index (χ2v) is 2.92. The molecule has 1 aromatic heterocycles. The molecule has 7 heteroatoms. The third-order valence-electron chi connectivity index (χ3n) is 1.22. The van der Waals surface area contributed by atoms with Crippen molar-refractivity contribution in [3.8, 4) is 0 Å². The Morgan fingerprint density at radius 1 is 1.62 bits per heavy atom. The van der Waals surface area contributed by atoms with Crippen LogP contribution in [0.15, 0.2) is 16.6 Å². The van der Waals surface area contributed by atoms with Crippen molar-refractivity contribution in [3.05, 3.63) is 32.4 Å². The van der Waals surface area contributed by atoms with Crippen LogP contribution in [0.4, 0.5) is 5.82 Å². The third kappa shape index (κ3) is 2.00. The van der Waals surface area contributed by atoms with Crippen LogP contribution in [-0.4, -0.2) is 21.0 Å². The van der Waals surface area contributed by atoms with Gasteiger partial charge in [-0.15, -0.1) is 0 Å². The summed E-state index contributed by atoms with van der Waals surface area (Å²) < 4.78 is 0.214. The molecule has 0 saturated heterocycles. The maximum Gasteiger partial charge on any atom is 0.381 e. The Kier molecular flexibility index (Phi) is 2.57. The average Bonchev–Trinajstić information content (AvgIpc) is 2.04. The van der Waals surface area contributed by atoms with Gasteiger partial charge in [-0.05, 0) is 31.9 Å². The molecule has 0 atom stereocenters. The van der Waals surface area contributed by atoms with Gasteiger partial charge in [-0.1, -0.05) is 0 Å². The molecule has 1 rings (SSSR count). The van der Waals surface area contributed by atoms with E-state index in [9.17, 15) is 14.9 Å². The van der Waals surface area contributed by atoms with Gasteiger partial charge in [0.05, 0.1) is 4.47 Å². The minimum absolute atomic E-state index is 0.214.